The average molecular weight is 513 g/mol. The topological polar surface area (TPSA) is 139 Å². The van der Waals surface area contributed by atoms with E-state index in [1.807, 2.05) is 48.5 Å². The molecule has 0 aliphatic rings. The fraction of sp³-hybridized carbons (Fsp3) is 0.250. The molecular formula is C28H28N6O4. The Bertz CT molecular complexity index is 1560. The van der Waals surface area contributed by atoms with Crippen LogP contribution in [0.3, 0.4) is 0 Å². The number of nitro benzene ring substituents is 1. The van der Waals surface area contributed by atoms with Gasteiger partial charge < -0.3 is 15.6 Å². The number of non-ortho nitro benzene ring substituents is 1. The Kier molecular flexibility index (Phi) is 7.58. The highest BCUT2D eigenvalue weighted by Crippen LogP contribution is 2.31. The zero-order valence-electron chi connectivity index (χ0n) is 20.8. The lowest BCUT2D eigenvalue weighted by Crippen LogP contribution is -2.26. The minimum atomic E-state index is -0.502. The lowest BCUT2D eigenvalue weighted by Gasteiger charge is -2.08. The minimum Gasteiger partial charge on any atom is -0.383 e. The summed E-state index contributed by atoms with van der Waals surface area (Å²) in [6.45, 7) is 1.32. The summed E-state index contributed by atoms with van der Waals surface area (Å²) < 4.78 is 4.69. The van der Waals surface area contributed by atoms with Gasteiger partial charge in [-0.25, -0.2) is 4.63 Å². The van der Waals surface area contributed by atoms with Crippen LogP contribution in [-0.4, -0.2) is 39.2 Å². The number of nitrogens with one attached hydrogen (secondary N) is 3. The predicted molar refractivity (Wildman–Crippen MR) is 146 cm³/mol. The Morgan fingerprint density at radius 3 is 2.45 bits per heavy atom. The quantitative estimate of drug-likeness (QED) is 0.112. The predicted octanol–water partition coefficient (Wildman–Crippen LogP) is 5.61. The largest absolute Gasteiger partial charge is 0.383 e. The third kappa shape index (κ3) is 5.49. The number of hydrogen-bond donors (Lipinski definition) is 3. The van der Waals surface area contributed by atoms with Crippen molar-refractivity contribution in [3.05, 3.63) is 82.4 Å². The van der Waals surface area contributed by atoms with Crippen LogP contribution in [0.1, 0.15) is 31.2 Å². The first-order valence-corrected chi connectivity index (χ1v) is 12.7. The van der Waals surface area contributed by atoms with Crippen molar-refractivity contribution in [1.82, 2.24) is 20.6 Å². The van der Waals surface area contributed by atoms with Gasteiger partial charge in [0.25, 0.3) is 0 Å². The summed E-state index contributed by atoms with van der Waals surface area (Å²) in [7, 11) is 0. The van der Waals surface area contributed by atoms with Gasteiger partial charge >= 0.3 is 5.69 Å². The first kappa shape index (κ1) is 24.9. The van der Waals surface area contributed by atoms with Crippen LogP contribution in [0.15, 0.2) is 71.4 Å². The van der Waals surface area contributed by atoms with Gasteiger partial charge in [0.2, 0.25) is 11.4 Å². The molecule has 5 aromatic rings. The molecule has 0 spiro atoms. The molecule has 0 aliphatic heterocycles. The molecule has 38 heavy (non-hydrogen) atoms. The number of aromatic amines is 1. The molecule has 0 saturated carbocycles. The highest BCUT2D eigenvalue weighted by Gasteiger charge is 2.19. The van der Waals surface area contributed by atoms with Crippen molar-refractivity contribution < 1.29 is 14.3 Å². The zero-order chi connectivity index (χ0) is 26.3. The standard InChI is InChI=1S/C28H28N6O4/c35-25(18-21-20-12-6-7-13-22(20)31-26(21)19-10-4-3-5-11-19)30-17-9-2-1-8-16-29-23-14-15-24(34(36)37)28-27(23)32-38-33-28/h3-7,10-15,29,31H,1-2,8-9,16-18H2,(H,30,35). The van der Waals surface area contributed by atoms with Crippen molar-refractivity contribution in [2.45, 2.75) is 32.1 Å². The number of fused-ring (bicyclic) bond motifs is 2. The highest BCUT2D eigenvalue weighted by atomic mass is 16.6. The molecule has 1 amide bonds. The SMILES string of the molecule is O=C(Cc1c(-c2ccccc2)[nH]c2ccccc12)NCCCCCCNc1ccc([N+](=O)[O-])c2nonc12. The molecule has 0 atom stereocenters. The van der Waals surface area contributed by atoms with Crippen LogP contribution in [-0.2, 0) is 11.2 Å². The Labute approximate surface area is 218 Å². The second kappa shape index (κ2) is 11.5. The van der Waals surface area contributed by atoms with Crippen LogP contribution >= 0.6 is 0 Å². The maximum Gasteiger partial charge on any atom is 0.300 e. The van der Waals surface area contributed by atoms with E-state index in [1.165, 1.54) is 6.07 Å². The van der Waals surface area contributed by atoms with Crippen molar-refractivity contribution in [3.63, 3.8) is 0 Å². The van der Waals surface area contributed by atoms with Crippen molar-refractivity contribution in [2.75, 3.05) is 18.4 Å². The maximum absolute atomic E-state index is 12.8. The molecule has 5 rings (SSSR count). The van der Waals surface area contributed by atoms with E-state index in [4.69, 9.17) is 0 Å². The van der Waals surface area contributed by atoms with Crippen LogP contribution in [0.5, 0.6) is 0 Å². The molecule has 3 N–H and O–H groups in total. The summed E-state index contributed by atoms with van der Waals surface area (Å²) in [5.41, 5.74) is 5.11. The second-order valence-electron chi connectivity index (χ2n) is 9.11. The summed E-state index contributed by atoms with van der Waals surface area (Å²) >= 11 is 0. The number of carbonyl (C=O) groups is 1. The molecule has 2 heterocycles. The van der Waals surface area contributed by atoms with Crippen LogP contribution < -0.4 is 10.6 Å². The molecule has 10 nitrogen and oxygen atoms in total. The number of hydrogen-bond acceptors (Lipinski definition) is 7. The van der Waals surface area contributed by atoms with E-state index in [2.05, 4.69) is 36.6 Å². The van der Waals surface area contributed by atoms with Crippen LogP contribution in [0.2, 0.25) is 0 Å². The van der Waals surface area contributed by atoms with Crippen molar-refractivity contribution in [2.24, 2.45) is 0 Å². The van der Waals surface area contributed by atoms with Crippen LogP contribution in [0.25, 0.3) is 33.2 Å². The van der Waals surface area contributed by atoms with E-state index in [-0.39, 0.29) is 17.1 Å². The summed E-state index contributed by atoms with van der Waals surface area (Å²) in [4.78, 5) is 26.9. The number of nitro groups is 1. The van der Waals surface area contributed by atoms with Crippen molar-refractivity contribution in [3.8, 4) is 11.3 Å². The van der Waals surface area contributed by atoms with E-state index >= 15 is 0 Å². The summed E-state index contributed by atoms with van der Waals surface area (Å²) in [6, 6.07) is 21.2. The summed E-state index contributed by atoms with van der Waals surface area (Å²) in [5.74, 6) is 0.0111. The van der Waals surface area contributed by atoms with E-state index in [1.54, 1.807) is 6.07 Å². The highest BCUT2D eigenvalue weighted by molar-refractivity contribution is 5.95. The maximum atomic E-state index is 12.8. The van der Waals surface area contributed by atoms with Gasteiger partial charge in [0.15, 0.2) is 5.52 Å². The average Bonchev–Trinajstić information content (AvgIpc) is 3.56. The van der Waals surface area contributed by atoms with E-state index in [9.17, 15) is 14.9 Å². The first-order chi connectivity index (χ1) is 18.6. The third-order valence-corrected chi connectivity index (χ3v) is 6.55. The summed E-state index contributed by atoms with van der Waals surface area (Å²) in [5, 5.41) is 25.9. The van der Waals surface area contributed by atoms with E-state index in [0.717, 1.165) is 53.4 Å². The van der Waals surface area contributed by atoms with Gasteiger partial charge in [0, 0.05) is 30.1 Å². The lowest BCUT2D eigenvalue weighted by atomic mass is 10.0. The van der Waals surface area contributed by atoms with Gasteiger partial charge in [-0.3, -0.25) is 14.9 Å². The lowest BCUT2D eigenvalue weighted by molar-refractivity contribution is -0.383. The number of benzene rings is 3. The Morgan fingerprint density at radius 2 is 1.63 bits per heavy atom. The molecule has 0 bridgehead atoms. The fourth-order valence-corrected chi connectivity index (χ4v) is 4.66. The van der Waals surface area contributed by atoms with E-state index in [0.29, 0.717) is 30.7 Å². The monoisotopic (exact) mass is 512 g/mol. The third-order valence-electron chi connectivity index (χ3n) is 6.55. The van der Waals surface area contributed by atoms with Gasteiger partial charge in [0.1, 0.15) is 0 Å². The Balaban J connectivity index is 1.06. The molecular weight excluding hydrogens is 484 g/mol. The number of H-pyrrole nitrogens is 1. The number of rotatable bonds is 12. The number of aromatic nitrogens is 3. The second-order valence-corrected chi connectivity index (χ2v) is 9.11. The Morgan fingerprint density at radius 1 is 0.895 bits per heavy atom. The number of unbranched alkanes of at least 4 members (excludes halogenated alkanes) is 3. The van der Waals surface area contributed by atoms with Gasteiger partial charge in [-0.2, -0.15) is 0 Å². The number of carbonyl (C=O) groups excluding carboxylic acids is 1. The number of anilines is 1. The zero-order valence-corrected chi connectivity index (χ0v) is 20.8. The van der Waals surface area contributed by atoms with Crippen LogP contribution in [0, 0.1) is 10.1 Å². The molecule has 0 aliphatic carbocycles. The molecule has 2 aromatic heterocycles. The van der Waals surface area contributed by atoms with Gasteiger partial charge in [-0.1, -0.05) is 61.4 Å². The number of para-hydroxylation sites is 1. The Hall–Kier alpha value is -4.73. The first-order valence-electron chi connectivity index (χ1n) is 12.7. The molecule has 0 fully saturated rings. The number of amides is 1. The molecule has 194 valence electrons. The van der Waals surface area contributed by atoms with Gasteiger partial charge in [-0.15, -0.1) is 0 Å². The molecule has 3 aromatic carbocycles. The fourth-order valence-electron chi connectivity index (χ4n) is 4.66. The van der Waals surface area contributed by atoms with Crippen LogP contribution in [0.4, 0.5) is 11.4 Å². The van der Waals surface area contributed by atoms with E-state index < -0.39 is 4.92 Å². The summed E-state index contributed by atoms with van der Waals surface area (Å²) in [6.07, 6.45) is 4.08. The molecule has 10 heteroatoms. The molecule has 0 radical (unpaired) electrons. The van der Waals surface area contributed by atoms with Gasteiger partial charge in [-0.05, 0) is 46.4 Å². The molecule has 0 unspecified atom stereocenters. The normalized spacial score (nSPS) is 11.2. The van der Waals surface area contributed by atoms with Crippen molar-refractivity contribution >= 4 is 39.2 Å². The molecule has 0 saturated heterocycles. The minimum absolute atomic E-state index is 0.0111. The van der Waals surface area contributed by atoms with Gasteiger partial charge in [0.05, 0.1) is 22.7 Å². The number of nitrogens with zero attached hydrogens (tertiary/aromatic N) is 3. The smallest absolute Gasteiger partial charge is 0.300 e. The van der Waals surface area contributed by atoms with Crippen molar-refractivity contribution in [1.29, 1.82) is 0 Å².